The fraction of sp³-hybridized carbons (Fsp3) is 0.379. The number of hydrogen-bond donors (Lipinski definition) is 0. The summed E-state index contributed by atoms with van der Waals surface area (Å²) in [5.41, 5.74) is 3.64. The van der Waals surface area contributed by atoms with Crippen molar-refractivity contribution in [2.45, 2.75) is 38.6 Å². The molecule has 176 valence electrons. The molecule has 0 spiro atoms. The van der Waals surface area contributed by atoms with E-state index in [1.54, 1.807) is 7.11 Å². The average Bonchev–Trinajstić information content (AvgIpc) is 2.91. The number of ether oxygens (including phenoxy) is 1. The topological polar surface area (TPSA) is 49.9 Å². The van der Waals surface area contributed by atoms with Crippen LogP contribution in [-0.2, 0) is 22.6 Å². The number of fused-ring (bicyclic) bond motifs is 2. The smallest absolute Gasteiger partial charge is 0.229 e. The van der Waals surface area contributed by atoms with Gasteiger partial charge < -0.3 is 14.5 Å². The van der Waals surface area contributed by atoms with Crippen molar-refractivity contribution in [1.29, 1.82) is 0 Å². The molecule has 0 N–H and O–H groups in total. The highest BCUT2D eigenvalue weighted by Gasteiger charge is 2.33. The SMILES string of the molecule is COc1ccc2cc([C@@H](C)C(=O)N3CCC(C(=O)N4CCc5ccccc5C4)CC3)ccc2c1. The quantitative estimate of drug-likeness (QED) is 0.568. The summed E-state index contributed by atoms with van der Waals surface area (Å²) in [6.45, 7) is 4.78. The highest BCUT2D eigenvalue weighted by molar-refractivity contribution is 5.88. The van der Waals surface area contributed by atoms with Crippen LogP contribution in [0.1, 0.15) is 42.4 Å². The van der Waals surface area contributed by atoms with Crippen molar-refractivity contribution in [2.24, 2.45) is 5.92 Å². The molecule has 5 heteroatoms. The zero-order chi connectivity index (χ0) is 23.7. The Morgan fingerprint density at radius 1 is 0.882 bits per heavy atom. The second kappa shape index (κ2) is 9.49. The molecule has 1 atom stereocenters. The summed E-state index contributed by atoms with van der Waals surface area (Å²) in [5, 5.41) is 2.20. The van der Waals surface area contributed by atoms with E-state index in [0.717, 1.165) is 47.9 Å². The zero-order valence-electron chi connectivity index (χ0n) is 20.0. The lowest BCUT2D eigenvalue weighted by atomic mass is 9.91. The third-order valence-corrected chi connectivity index (χ3v) is 7.54. The van der Waals surface area contributed by atoms with E-state index in [1.165, 1.54) is 11.1 Å². The molecule has 5 rings (SSSR count). The van der Waals surface area contributed by atoms with Gasteiger partial charge in [-0.05, 0) is 65.8 Å². The van der Waals surface area contributed by atoms with Crippen molar-refractivity contribution in [3.63, 3.8) is 0 Å². The molecule has 0 unspecified atom stereocenters. The number of nitrogens with zero attached hydrogens (tertiary/aromatic N) is 2. The van der Waals surface area contributed by atoms with Gasteiger partial charge in [0.15, 0.2) is 0 Å². The van der Waals surface area contributed by atoms with E-state index in [1.807, 2.05) is 47.1 Å². The highest BCUT2D eigenvalue weighted by atomic mass is 16.5. The van der Waals surface area contributed by atoms with Crippen molar-refractivity contribution in [1.82, 2.24) is 9.80 Å². The second-order valence-corrected chi connectivity index (χ2v) is 9.57. The first-order chi connectivity index (χ1) is 16.5. The summed E-state index contributed by atoms with van der Waals surface area (Å²) in [7, 11) is 1.67. The Morgan fingerprint density at radius 2 is 1.59 bits per heavy atom. The summed E-state index contributed by atoms with van der Waals surface area (Å²) in [4.78, 5) is 30.4. The second-order valence-electron chi connectivity index (χ2n) is 9.57. The van der Waals surface area contributed by atoms with Crippen LogP contribution in [0, 0.1) is 5.92 Å². The maximum atomic E-state index is 13.3. The summed E-state index contributed by atoms with van der Waals surface area (Å²) in [5.74, 6) is 1.03. The van der Waals surface area contributed by atoms with Gasteiger partial charge in [-0.1, -0.05) is 48.5 Å². The van der Waals surface area contributed by atoms with Crippen LogP contribution in [0.2, 0.25) is 0 Å². The number of hydrogen-bond acceptors (Lipinski definition) is 3. The molecule has 0 saturated carbocycles. The number of carbonyl (C=O) groups excluding carboxylic acids is 2. The van der Waals surface area contributed by atoms with Crippen LogP contribution >= 0.6 is 0 Å². The molecule has 1 saturated heterocycles. The van der Waals surface area contributed by atoms with Crippen LogP contribution in [-0.4, -0.2) is 48.4 Å². The molecule has 34 heavy (non-hydrogen) atoms. The molecular formula is C29H32N2O3. The van der Waals surface area contributed by atoms with Gasteiger partial charge in [-0.15, -0.1) is 0 Å². The molecule has 2 heterocycles. The minimum Gasteiger partial charge on any atom is -0.497 e. The van der Waals surface area contributed by atoms with Crippen LogP contribution in [0.5, 0.6) is 5.75 Å². The van der Waals surface area contributed by atoms with E-state index >= 15 is 0 Å². The zero-order valence-corrected chi connectivity index (χ0v) is 20.0. The molecule has 0 radical (unpaired) electrons. The Labute approximate surface area is 201 Å². The molecular weight excluding hydrogens is 424 g/mol. The van der Waals surface area contributed by atoms with Crippen molar-refractivity contribution in [3.8, 4) is 5.75 Å². The Bertz CT molecular complexity index is 1210. The monoisotopic (exact) mass is 456 g/mol. The molecule has 3 aromatic carbocycles. The van der Waals surface area contributed by atoms with E-state index < -0.39 is 0 Å². The van der Waals surface area contributed by atoms with Gasteiger partial charge in [-0.25, -0.2) is 0 Å². The average molecular weight is 457 g/mol. The number of rotatable bonds is 4. The number of piperidine rings is 1. The third kappa shape index (κ3) is 4.39. The van der Waals surface area contributed by atoms with E-state index in [2.05, 4.69) is 30.3 Å². The van der Waals surface area contributed by atoms with E-state index in [4.69, 9.17) is 4.74 Å². The van der Waals surface area contributed by atoms with Gasteiger partial charge in [0, 0.05) is 32.1 Å². The fourth-order valence-electron chi connectivity index (χ4n) is 5.34. The first-order valence-electron chi connectivity index (χ1n) is 12.3. The maximum Gasteiger partial charge on any atom is 0.229 e. The number of amides is 2. The molecule has 0 aromatic heterocycles. The van der Waals surface area contributed by atoms with Gasteiger partial charge in [0.25, 0.3) is 0 Å². The first kappa shape index (κ1) is 22.5. The summed E-state index contributed by atoms with van der Waals surface area (Å²) < 4.78 is 5.31. The van der Waals surface area contributed by atoms with Crippen molar-refractivity contribution in [2.75, 3.05) is 26.7 Å². The summed E-state index contributed by atoms with van der Waals surface area (Å²) in [6.07, 6.45) is 2.41. The van der Waals surface area contributed by atoms with Crippen LogP contribution in [0.25, 0.3) is 10.8 Å². The standard InChI is InChI=1S/C29H32N2O3/c1-20(23-7-8-25-18-27(34-2)10-9-24(25)17-23)28(32)30-14-12-22(13-15-30)29(33)31-16-11-21-5-3-4-6-26(21)19-31/h3-10,17-18,20,22H,11-16,19H2,1-2H3/t20-/m1/s1. The van der Waals surface area contributed by atoms with Crippen molar-refractivity contribution in [3.05, 3.63) is 77.4 Å². The lowest BCUT2D eigenvalue weighted by Crippen LogP contribution is -2.46. The lowest BCUT2D eigenvalue weighted by Gasteiger charge is -2.37. The largest absolute Gasteiger partial charge is 0.497 e. The van der Waals surface area contributed by atoms with E-state index in [9.17, 15) is 9.59 Å². The molecule has 0 bridgehead atoms. The van der Waals surface area contributed by atoms with E-state index in [0.29, 0.717) is 19.6 Å². The molecule has 2 amide bonds. The number of methoxy groups -OCH3 is 1. The Morgan fingerprint density at radius 3 is 2.35 bits per heavy atom. The van der Waals surface area contributed by atoms with Crippen molar-refractivity contribution >= 4 is 22.6 Å². The maximum absolute atomic E-state index is 13.3. The van der Waals surface area contributed by atoms with Crippen molar-refractivity contribution < 1.29 is 14.3 Å². The van der Waals surface area contributed by atoms with Gasteiger partial charge in [0.1, 0.15) is 5.75 Å². The number of carbonyl (C=O) groups is 2. The van der Waals surface area contributed by atoms with Crippen LogP contribution < -0.4 is 4.74 Å². The minimum absolute atomic E-state index is 0.0141. The summed E-state index contributed by atoms with van der Waals surface area (Å²) >= 11 is 0. The Hall–Kier alpha value is -3.34. The van der Waals surface area contributed by atoms with Gasteiger partial charge in [0.05, 0.1) is 13.0 Å². The Balaban J connectivity index is 1.19. The molecule has 2 aliphatic heterocycles. The number of benzene rings is 3. The van der Waals surface area contributed by atoms with Crippen LogP contribution in [0.4, 0.5) is 0 Å². The molecule has 3 aromatic rings. The Kier molecular flexibility index (Phi) is 6.27. The van der Waals surface area contributed by atoms with Gasteiger partial charge in [-0.3, -0.25) is 9.59 Å². The third-order valence-electron chi connectivity index (χ3n) is 7.54. The first-order valence-corrected chi connectivity index (χ1v) is 12.3. The van der Waals surface area contributed by atoms with Crippen LogP contribution in [0.3, 0.4) is 0 Å². The van der Waals surface area contributed by atoms with Gasteiger partial charge >= 0.3 is 0 Å². The molecule has 2 aliphatic rings. The van der Waals surface area contributed by atoms with Gasteiger partial charge in [0.2, 0.25) is 11.8 Å². The predicted octanol–water partition coefficient (Wildman–Crippen LogP) is 4.78. The highest BCUT2D eigenvalue weighted by Crippen LogP contribution is 2.29. The summed E-state index contributed by atoms with van der Waals surface area (Å²) in [6, 6.07) is 20.6. The molecule has 0 aliphatic carbocycles. The van der Waals surface area contributed by atoms with Gasteiger partial charge in [-0.2, -0.15) is 0 Å². The predicted molar refractivity (Wildman–Crippen MR) is 134 cm³/mol. The molecule has 5 nitrogen and oxygen atoms in total. The fourth-order valence-corrected chi connectivity index (χ4v) is 5.34. The van der Waals surface area contributed by atoms with E-state index in [-0.39, 0.29) is 23.7 Å². The molecule has 1 fully saturated rings. The number of likely N-dealkylation sites (tertiary alicyclic amines) is 1. The lowest BCUT2D eigenvalue weighted by molar-refractivity contribution is -0.141. The minimum atomic E-state index is -0.211. The van der Waals surface area contributed by atoms with Crippen LogP contribution in [0.15, 0.2) is 60.7 Å². The normalized spacial score (nSPS) is 17.4.